The Bertz CT molecular complexity index is 361. The Morgan fingerprint density at radius 1 is 1.68 bits per heavy atom. The first kappa shape index (κ1) is 17.0. The Kier molecular flexibility index (Phi) is 7.36. The zero-order valence-electron chi connectivity index (χ0n) is 11.2. The smallest absolute Gasteiger partial charge is 0.231 e. The van der Waals surface area contributed by atoms with Crippen LogP contribution in [0.3, 0.4) is 0 Å². The van der Waals surface area contributed by atoms with E-state index in [1.807, 2.05) is 0 Å². The molecular weight excluding hydrogens is 302 g/mol. The van der Waals surface area contributed by atoms with Crippen molar-refractivity contribution in [3.8, 4) is 0 Å². The quantitative estimate of drug-likeness (QED) is 0.464. The van der Waals surface area contributed by atoms with Gasteiger partial charge in [-0.3, -0.25) is 9.69 Å². The molecule has 0 bridgehead atoms. The minimum atomic E-state index is -0.767. The summed E-state index contributed by atoms with van der Waals surface area (Å²) in [6.07, 6.45) is 3.41. The van der Waals surface area contributed by atoms with Gasteiger partial charge in [0.05, 0.1) is 12.5 Å². The van der Waals surface area contributed by atoms with E-state index >= 15 is 0 Å². The lowest BCUT2D eigenvalue weighted by atomic mass is 10.0. The minimum absolute atomic E-state index is 0.0721. The molecule has 1 heterocycles. The zero-order chi connectivity index (χ0) is 14.4. The molecule has 0 aromatic carbocycles. The van der Waals surface area contributed by atoms with E-state index in [-0.39, 0.29) is 18.4 Å². The number of thiocarbonyl (C=S) groups is 1. The highest BCUT2D eigenvalue weighted by Gasteiger charge is 2.35. The van der Waals surface area contributed by atoms with Gasteiger partial charge in [-0.2, -0.15) is 0 Å². The lowest BCUT2D eigenvalue weighted by Crippen LogP contribution is -2.42. The Morgan fingerprint density at radius 2 is 2.37 bits per heavy atom. The SMILES string of the molecule is CC(C)C1CSC(=S)N1C(=O)C[C@H](O)/C=C/CCCl. The van der Waals surface area contributed by atoms with Crippen molar-refractivity contribution in [1.29, 1.82) is 0 Å². The topological polar surface area (TPSA) is 40.5 Å². The third-order valence-electron chi connectivity index (χ3n) is 2.96. The Balaban J connectivity index is 2.58. The number of alkyl halides is 1. The lowest BCUT2D eigenvalue weighted by molar-refractivity contribution is -0.130. The average Bonchev–Trinajstić information content (AvgIpc) is 2.71. The van der Waals surface area contributed by atoms with Gasteiger partial charge in [-0.1, -0.05) is 50.0 Å². The first-order valence-corrected chi connectivity index (χ1v) is 8.29. The van der Waals surface area contributed by atoms with Crippen LogP contribution >= 0.6 is 35.6 Å². The van der Waals surface area contributed by atoms with Gasteiger partial charge in [-0.25, -0.2) is 0 Å². The first-order chi connectivity index (χ1) is 8.97. The number of aliphatic hydroxyl groups excluding tert-OH is 1. The molecule has 6 heteroatoms. The number of hydrogen-bond acceptors (Lipinski definition) is 4. The molecule has 0 aliphatic carbocycles. The number of nitrogens with zero attached hydrogens (tertiary/aromatic N) is 1. The van der Waals surface area contributed by atoms with Gasteiger partial charge in [-0.05, 0) is 12.3 Å². The van der Waals surface area contributed by atoms with Crippen molar-refractivity contribution in [3.63, 3.8) is 0 Å². The van der Waals surface area contributed by atoms with Crippen molar-refractivity contribution in [3.05, 3.63) is 12.2 Å². The van der Waals surface area contributed by atoms with Gasteiger partial charge in [0.1, 0.15) is 4.32 Å². The maximum absolute atomic E-state index is 12.2. The third-order valence-corrected chi connectivity index (χ3v) is 4.68. The van der Waals surface area contributed by atoms with Crippen molar-refractivity contribution in [2.24, 2.45) is 5.92 Å². The molecule has 1 rings (SSSR count). The highest BCUT2D eigenvalue weighted by Crippen LogP contribution is 2.29. The van der Waals surface area contributed by atoms with Gasteiger partial charge in [-0.15, -0.1) is 11.6 Å². The second-order valence-electron chi connectivity index (χ2n) is 4.83. The summed E-state index contributed by atoms with van der Waals surface area (Å²) in [5, 5.41) is 9.79. The van der Waals surface area contributed by atoms with Crippen LogP contribution in [0, 0.1) is 5.92 Å². The van der Waals surface area contributed by atoms with Gasteiger partial charge < -0.3 is 5.11 Å². The predicted molar refractivity (Wildman–Crippen MR) is 85.6 cm³/mol. The molecule has 2 atom stereocenters. The van der Waals surface area contributed by atoms with E-state index in [0.717, 1.165) is 5.75 Å². The molecule has 0 radical (unpaired) electrons. The Hall–Kier alpha value is -0.100. The van der Waals surface area contributed by atoms with Crippen molar-refractivity contribution in [2.75, 3.05) is 11.6 Å². The van der Waals surface area contributed by atoms with Crippen molar-refractivity contribution in [2.45, 2.75) is 38.8 Å². The summed E-state index contributed by atoms with van der Waals surface area (Å²) in [5.41, 5.74) is 0. The zero-order valence-corrected chi connectivity index (χ0v) is 13.6. The van der Waals surface area contributed by atoms with Crippen molar-refractivity contribution < 1.29 is 9.90 Å². The molecule has 1 fully saturated rings. The van der Waals surface area contributed by atoms with Crippen LogP contribution in [0.2, 0.25) is 0 Å². The number of carbonyl (C=O) groups is 1. The van der Waals surface area contributed by atoms with Gasteiger partial charge >= 0.3 is 0 Å². The molecule has 19 heavy (non-hydrogen) atoms. The lowest BCUT2D eigenvalue weighted by Gasteiger charge is -2.27. The summed E-state index contributed by atoms with van der Waals surface area (Å²) in [6, 6.07) is 0.143. The van der Waals surface area contributed by atoms with Crippen LogP contribution < -0.4 is 0 Å². The molecule has 1 unspecified atom stereocenters. The number of allylic oxidation sites excluding steroid dienone is 1. The molecule has 3 nitrogen and oxygen atoms in total. The van der Waals surface area contributed by atoms with E-state index in [1.165, 1.54) is 11.8 Å². The molecule has 1 N–H and O–H groups in total. The normalized spacial score (nSPS) is 21.6. The van der Waals surface area contributed by atoms with Gasteiger partial charge in [0.25, 0.3) is 0 Å². The van der Waals surface area contributed by atoms with E-state index in [0.29, 0.717) is 22.5 Å². The summed E-state index contributed by atoms with van der Waals surface area (Å²) in [6.45, 7) is 4.16. The fraction of sp³-hybridized carbons (Fsp3) is 0.692. The number of halogens is 1. The fourth-order valence-corrected chi connectivity index (χ4v) is 3.67. The molecule has 1 amide bonds. The van der Waals surface area contributed by atoms with E-state index in [1.54, 1.807) is 17.1 Å². The van der Waals surface area contributed by atoms with Gasteiger partial charge in [0, 0.05) is 17.7 Å². The predicted octanol–water partition coefficient (Wildman–Crippen LogP) is 2.81. The minimum Gasteiger partial charge on any atom is -0.389 e. The van der Waals surface area contributed by atoms with Crippen LogP contribution in [0.5, 0.6) is 0 Å². The number of thioether (sulfide) groups is 1. The summed E-state index contributed by atoms with van der Waals surface area (Å²) >= 11 is 12.3. The monoisotopic (exact) mass is 321 g/mol. The van der Waals surface area contributed by atoms with Gasteiger partial charge in [0.15, 0.2) is 0 Å². The molecule has 0 aromatic heterocycles. The van der Waals surface area contributed by atoms with Crippen molar-refractivity contribution in [1.82, 2.24) is 4.90 Å². The number of rotatable bonds is 6. The first-order valence-electron chi connectivity index (χ1n) is 6.36. The van der Waals surface area contributed by atoms with Crippen LogP contribution in [-0.4, -0.2) is 44.0 Å². The standard InChI is InChI=1S/C13H20ClNO2S2/c1-9(2)11-8-19-13(18)15(11)12(17)7-10(16)5-3-4-6-14/h3,5,9-11,16H,4,6-8H2,1-2H3/b5-3+/t10-,11?/m1/s1. The maximum Gasteiger partial charge on any atom is 0.231 e. The van der Waals surface area contributed by atoms with E-state index < -0.39 is 6.10 Å². The Morgan fingerprint density at radius 3 is 2.95 bits per heavy atom. The van der Waals surface area contributed by atoms with Gasteiger partial charge in [0.2, 0.25) is 5.91 Å². The molecular formula is C13H20ClNO2S2. The molecule has 1 aliphatic heterocycles. The number of carbonyl (C=O) groups excluding carboxylic acids is 1. The van der Waals surface area contributed by atoms with Crippen LogP contribution in [0.15, 0.2) is 12.2 Å². The Labute approximate surface area is 129 Å². The fourth-order valence-electron chi connectivity index (χ4n) is 1.88. The van der Waals surface area contributed by atoms with E-state index in [9.17, 15) is 9.90 Å². The second kappa shape index (κ2) is 8.25. The summed E-state index contributed by atoms with van der Waals surface area (Å²) in [7, 11) is 0. The highest BCUT2D eigenvalue weighted by molar-refractivity contribution is 8.23. The van der Waals surface area contributed by atoms with Crippen LogP contribution in [-0.2, 0) is 4.79 Å². The number of hydrogen-bond donors (Lipinski definition) is 1. The number of aliphatic hydroxyl groups is 1. The van der Waals surface area contributed by atoms with E-state index in [4.69, 9.17) is 23.8 Å². The molecule has 0 spiro atoms. The third kappa shape index (κ3) is 5.06. The second-order valence-corrected chi connectivity index (χ2v) is 6.86. The summed E-state index contributed by atoms with van der Waals surface area (Å²) < 4.78 is 0.626. The van der Waals surface area contributed by atoms with E-state index in [2.05, 4.69) is 13.8 Å². The maximum atomic E-state index is 12.2. The van der Waals surface area contributed by atoms with Crippen LogP contribution in [0.1, 0.15) is 26.7 Å². The molecule has 1 aliphatic rings. The number of amides is 1. The molecule has 0 saturated carbocycles. The molecule has 108 valence electrons. The van der Waals surface area contributed by atoms with Crippen LogP contribution in [0.4, 0.5) is 0 Å². The highest BCUT2D eigenvalue weighted by atomic mass is 35.5. The average molecular weight is 322 g/mol. The molecule has 0 aromatic rings. The molecule has 1 saturated heterocycles. The summed E-state index contributed by atoms with van der Waals surface area (Å²) in [5.74, 6) is 1.62. The van der Waals surface area contributed by atoms with Crippen LogP contribution in [0.25, 0.3) is 0 Å². The largest absolute Gasteiger partial charge is 0.389 e. The summed E-state index contributed by atoms with van der Waals surface area (Å²) in [4.78, 5) is 13.9. The van der Waals surface area contributed by atoms with Crippen molar-refractivity contribution >= 4 is 45.8 Å².